The minimum atomic E-state index is 0.620. The van der Waals surface area contributed by atoms with Crippen LogP contribution in [-0.4, -0.2) is 25.7 Å². The molecule has 2 N–H and O–H groups in total. The fourth-order valence-electron chi connectivity index (χ4n) is 2.28. The van der Waals surface area contributed by atoms with Gasteiger partial charge >= 0.3 is 0 Å². The molecule has 2 nitrogen and oxygen atoms in total. The Bertz CT molecular complexity index is 156. The molecular formula is C15H34N2. The van der Waals surface area contributed by atoms with E-state index in [4.69, 9.17) is 0 Å². The van der Waals surface area contributed by atoms with Crippen LogP contribution in [0, 0.1) is 17.8 Å². The van der Waals surface area contributed by atoms with Gasteiger partial charge in [0.05, 0.1) is 0 Å². The van der Waals surface area contributed by atoms with Crippen molar-refractivity contribution < 1.29 is 0 Å². The smallest absolute Gasteiger partial charge is 0.00103 e. The first-order valence-electron chi connectivity index (χ1n) is 7.39. The van der Waals surface area contributed by atoms with E-state index in [0.29, 0.717) is 6.04 Å². The van der Waals surface area contributed by atoms with Crippen LogP contribution < -0.4 is 10.6 Å². The fraction of sp³-hybridized carbons (Fsp3) is 1.00. The van der Waals surface area contributed by atoms with Crippen LogP contribution in [0.4, 0.5) is 0 Å². The molecule has 0 saturated carbocycles. The van der Waals surface area contributed by atoms with Crippen molar-refractivity contribution in [3.8, 4) is 0 Å². The number of nitrogens with one attached hydrogen (secondary N) is 2. The van der Waals surface area contributed by atoms with Crippen LogP contribution in [0.3, 0.4) is 0 Å². The van der Waals surface area contributed by atoms with Gasteiger partial charge in [0.2, 0.25) is 0 Å². The van der Waals surface area contributed by atoms with E-state index < -0.39 is 0 Å². The molecule has 104 valence electrons. The lowest BCUT2D eigenvalue weighted by atomic mass is 9.85. The first kappa shape index (κ1) is 16.9. The molecule has 0 fully saturated rings. The van der Waals surface area contributed by atoms with E-state index in [9.17, 15) is 0 Å². The van der Waals surface area contributed by atoms with Crippen molar-refractivity contribution in [2.45, 2.75) is 60.4 Å². The first-order valence-corrected chi connectivity index (χ1v) is 7.39. The van der Waals surface area contributed by atoms with Crippen molar-refractivity contribution in [1.29, 1.82) is 0 Å². The highest BCUT2D eigenvalue weighted by Gasteiger charge is 2.16. The summed E-state index contributed by atoms with van der Waals surface area (Å²) in [5.74, 6) is 2.37. The highest BCUT2D eigenvalue weighted by molar-refractivity contribution is 4.69. The standard InChI is InChI=1S/C15H34N2/c1-12(2)15(13(3)4)11-16-9-7-8-10-17-14(5)6/h12-17H,7-11H2,1-6H3. The summed E-state index contributed by atoms with van der Waals surface area (Å²) < 4.78 is 0. The molecule has 0 atom stereocenters. The summed E-state index contributed by atoms with van der Waals surface area (Å²) in [6.45, 7) is 17.2. The Balaban J connectivity index is 3.43. The third-order valence-corrected chi connectivity index (χ3v) is 3.43. The predicted octanol–water partition coefficient (Wildman–Crippen LogP) is 3.28. The van der Waals surface area contributed by atoms with E-state index in [1.54, 1.807) is 0 Å². The quantitative estimate of drug-likeness (QED) is 0.575. The van der Waals surface area contributed by atoms with E-state index in [-0.39, 0.29) is 0 Å². The monoisotopic (exact) mass is 242 g/mol. The second-order valence-electron chi connectivity index (χ2n) is 6.17. The summed E-state index contributed by atoms with van der Waals surface area (Å²) in [6.07, 6.45) is 2.56. The molecule has 0 radical (unpaired) electrons. The minimum absolute atomic E-state index is 0.620. The van der Waals surface area contributed by atoms with Gasteiger partial charge in [-0.1, -0.05) is 41.5 Å². The molecule has 0 aliphatic rings. The Morgan fingerprint density at radius 1 is 0.765 bits per heavy atom. The molecule has 0 rings (SSSR count). The molecule has 0 aromatic carbocycles. The number of hydrogen-bond donors (Lipinski definition) is 2. The zero-order chi connectivity index (χ0) is 13.3. The fourth-order valence-corrected chi connectivity index (χ4v) is 2.28. The van der Waals surface area contributed by atoms with Crippen molar-refractivity contribution in [3.05, 3.63) is 0 Å². The lowest BCUT2D eigenvalue weighted by Crippen LogP contribution is -2.31. The van der Waals surface area contributed by atoms with Crippen molar-refractivity contribution in [2.75, 3.05) is 19.6 Å². The van der Waals surface area contributed by atoms with Gasteiger partial charge in [-0.05, 0) is 50.2 Å². The van der Waals surface area contributed by atoms with Crippen LogP contribution >= 0.6 is 0 Å². The van der Waals surface area contributed by atoms with Crippen molar-refractivity contribution >= 4 is 0 Å². The summed E-state index contributed by atoms with van der Waals surface area (Å²) in [6, 6.07) is 0.620. The van der Waals surface area contributed by atoms with Crippen LogP contribution in [0.2, 0.25) is 0 Å². The van der Waals surface area contributed by atoms with Gasteiger partial charge in [0.25, 0.3) is 0 Å². The summed E-state index contributed by atoms with van der Waals surface area (Å²) in [7, 11) is 0. The number of hydrogen-bond acceptors (Lipinski definition) is 2. The Morgan fingerprint density at radius 2 is 1.29 bits per heavy atom. The Kier molecular flexibility index (Phi) is 9.85. The zero-order valence-corrected chi connectivity index (χ0v) is 12.8. The van der Waals surface area contributed by atoms with Crippen molar-refractivity contribution in [2.24, 2.45) is 17.8 Å². The molecule has 0 aliphatic heterocycles. The van der Waals surface area contributed by atoms with Gasteiger partial charge < -0.3 is 10.6 Å². The third-order valence-electron chi connectivity index (χ3n) is 3.43. The number of rotatable bonds is 10. The lowest BCUT2D eigenvalue weighted by Gasteiger charge is -2.25. The largest absolute Gasteiger partial charge is 0.316 e. The molecule has 0 spiro atoms. The second-order valence-corrected chi connectivity index (χ2v) is 6.17. The molecule has 0 heterocycles. The van der Waals surface area contributed by atoms with Crippen LogP contribution in [0.5, 0.6) is 0 Å². The normalized spacial score (nSPS) is 12.4. The Labute approximate surface area is 109 Å². The van der Waals surface area contributed by atoms with E-state index in [0.717, 1.165) is 30.8 Å². The Hall–Kier alpha value is -0.0800. The molecule has 0 aliphatic carbocycles. The summed E-state index contributed by atoms with van der Waals surface area (Å²) in [5.41, 5.74) is 0. The molecule has 0 aromatic heterocycles. The van der Waals surface area contributed by atoms with Gasteiger partial charge in [-0.15, -0.1) is 0 Å². The molecule has 0 unspecified atom stereocenters. The van der Waals surface area contributed by atoms with Gasteiger partial charge in [0.1, 0.15) is 0 Å². The maximum absolute atomic E-state index is 3.61. The molecule has 0 aromatic rings. The van der Waals surface area contributed by atoms with Crippen LogP contribution in [0.1, 0.15) is 54.4 Å². The lowest BCUT2D eigenvalue weighted by molar-refractivity contribution is 0.275. The number of unbranched alkanes of at least 4 members (excludes halogenated alkanes) is 1. The predicted molar refractivity (Wildman–Crippen MR) is 78.4 cm³/mol. The van der Waals surface area contributed by atoms with E-state index in [2.05, 4.69) is 52.2 Å². The molecule has 0 bridgehead atoms. The second kappa shape index (κ2) is 9.90. The van der Waals surface area contributed by atoms with E-state index in [1.807, 2.05) is 0 Å². The van der Waals surface area contributed by atoms with Gasteiger partial charge in [-0.25, -0.2) is 0 Å². The minimum Gasteiger partial charge on any atom is -0.316 e. The first-order chi connectivity index (χ1) is 7.95. The maximum Gasteiger partial charge on any atom is 0.00103 e. The van der Waals surface area contributed by atoms with E-state index in [1.165, 1.54) is 19.4 Å². The van der Waals surface area contributed by atoms with Gasteiger partial charge in [0, 0.05) is 6.04 Å². The highest BCUT2D eigenvalue weighted by Crippen LogP contribution is 2.19. The van der Waals surface area contributed by atoms with Crippen LogP contribution in [-0.2, 0) is 0 Å². The molecule has 0 amide bonds. The highest BCUT2D eigenvalue weighted by atomic mass is 14.9. The zero-order valence-electron chi connectivity index (χ0n) is 12.8. The molecule has 0 saturated heterocycles. The summed E-state index contributed by atoms with van der Waals surface area (Å²) >= 11 is 0. The topological polar surface area (TPSA) is 24.1 Å². The molecule has 17 heavy (non-hydrogen) atoms. The molecular weight excluding hydrogens is 208 g/mol. The average Bonchev–Trinajstić information content (AvgIpc) is 2.20. The van der Waals surface area contributed by atoms with Crippen LogP contribution in [0.15, 0.2) is 0 Å². The summed E-state index contributed by atoms with van der Waals surface area (Å²) in [5, 5.41) is 7.06. The SMILES string of the molecule is CC(C)NCCCCNCC(C(C)C)C(C)C. The van der Waals surface area contributed by atoms with Gasteiger partial charge in [0.15, 0.2) is 0 Å². The Morgan fingerprint density at radius 3 is 1.76 bits per heavy atom. The van der Waals surface area contributed by atoms with Gasteiger partial charge in [-0.3, -0.25) is 0 Å². The van der Waals surface area contributed by atoms with Gasteiger partial charge in [-0.2, -0.15) is 0 Å². The van der Waals surface area contributed by atoms with Crippen molar-refractivity contribution in [1.82, 2.24) is 10.6 Å². The molecule has 2 heteroatoms. The third kappa shape index (κ3) is 9.61. The van der Waals surface area contributed by atoms with E-state index >= 15 is 0 Å². The summed E-state index contributed by atoms with van der Waals surface area (Å²) in [4.78, 5) is 0. The average molecular weight is 242 g/mol. The van der Waals surface area contributed by atoms with Crippen LogP contribution in [0.25, 0.3) is 0 Å². The maximum atomic E-state index is 3.61. The van der Waals surface area contributed by atoms with Crippen molar-refractivity contribution in [3.63, 3.8) is 0 Å².